The van der Waals surface area contributed by atoms with E-state index in [1.165, 1.54) is 0 Å². The highest BCUT2D eigenvalue weighted by Gasteiger charge is 1.90. The van der Waals surface area contributed by atoms with Crippen LogP contribution in [-0.4, -0.2) is 35.4 Å². The third-order valence-corrected chi connectivity index (χ3v) is 0.425. The molecule has 0 aliphatic heterocycles. The van der Waals surface area contributed by atoms with Crippen LogP contribution in [0.2, 0.25) is 0 Å². The molecule has 6 heteroatoms. The maximum Gasteiger partial charge on any atom is 0.338 e. The van der Waals surface area contributed by atoms with Gasteiger partial charge in [-0.15, -0.1) is 0 Å². The van der Waals surface area contributed by atoms with Crippen LogP contribution in [0.4, 0.5) is 0 Å². The molecule has 0 aromatic rings. The molecule has 0 radical (unpaired) electrons. The van der Waals surface area contributed by atoms with E-state index in [9.17, 15) is 4.79 Å². The van der Waals surface area contributed by atoms with Crippen molar-refractivity contribution in [2.24, 2.45) is 5.73 Å². The smallest absolute Gasteiger partial charge is 0.338 e. The number of halogens is 1. The molecule has 0 saturated heterocycles. The Labute approximate surface area is 62.5 Å². The first-order valence-electron chi connectivity index (χ1n) is 1.32. The monoisotopic (exact) mass is 157 g/mol. The predicted molar refractivity (Wildman–Crippen MR) is 34.6 cm³/mol. The van der Waals surface area contributed by atoms with Gasteiger partial charge in [-0.25, -0.2) is 4.79 Å². The van der Waals surface area contributed by atoms with E-state index in [4.69, 9.17) is 5.73 Å². The lowest BCUT2D eigenvalue weighted by Gasteiger charge is -1.82. The van der Waals surface area contributed by atoms with Gasteiger partial charge in [-0.3, -0.25) is 0 Å². The summed E-state index contributed by atoms with van der Waals surface area (Å²) in [5.41, 5.74) is 4.72. The number of hydrogen-bond acceptors (Lipinski definition) is 3. The summed E-state index contributed by atoms with van der Waals surface area (Å²) in [5.74, 6) is -0.614. The van der Waals surface area contributed by atoms with Gasteiger partial charge >= 0.3 is 5.97 Å². The zero-order chi connectivity index (χ0) is 4.99. The van der Waals surface area contributed by atoms with E-state index in [1.54, 1.807) is 0 Å². The van der Waals surface area contributed by atoms with Crippen molar-refractivity contribution in [3.63, 3.8) is 0 Å². The second-order valence-corrected chi connectivity index (χ2v) is 0.808. The van der Waals surface area contributed by atoms with Gasteiger partial charge in [0.2, 0.25) is 0 Å². The molecule has 0 aromatic carbocycles. The SMILES string of the molecule is NCC(=O)OCl.O.[AlH3]. The molecule has 4 nitrogen and oxygen atoms in total. The topological polar surface area (TPSA) is 83.8 Å². The molecule has 0 aromatic heterocycles. The first-order valence-corrected chi connectivity index (χ1v) is 1.63. The molecular formula is C2H9AlClNO3. The first kappa shape index (κ1) is 15.7. The Morgan fingerprint density at radius 2 is 2.12 bits per heavy atom. The summed E-state index contributed by atoms with van der Waals surface area (Å²) >= 11 is 4.52. The van der Waals surface area contributed by atoms with Crippen molar-refractivity contribution >= 4 is 35.2 Å². The lowest BCUT2D eigenvalue weighted by molar-refractivity contribution is -0.132. The van der Waals surface area contributed by atoms with Gasteiger partial charge in [-0.05, 0) is 0 Å². The van der Waals surface area contributed by atoms with Crippen LogP contribution < -0.4 is 5.73 Å². The van der Waals surface area contributed by atoms with Crippen molar-refractivity contribution in [1.82, 2.24) is 0 Å². The summed E-state index contributed by atoms with van der Waals surface area (Å²) in [6.07, 6.45) is 0. The molecule has 8 heavy (non-hydrogen) atoms. The first-order chi connectivity index (χ1) is 2.81. The fraction of sp³-hybridized carbons (Fsp3) is 0.500. The van der Waals surface area contributed by atoms with Crippen molar-refractivity contribution in [3.05, 3.63) is 0 Å². The average Bonchev–Trinajstić information content (AvgIpc) is 1.65. The molecule has 0 rings (SSSR count). The average molecular weight is 158 g/mol. The van der Waals surface area contributed by atoms with Crippen LogP contribution in [0.5, 0.6) is 0 Å². The number of rotatable bonds is 1. The molecule has 0 heterocycles. The molecule has 0 bridgehead atoms. The fourth-order valence-electron chi connectivity index (χ4n) is 0.0315. The van der Waals surface area contributed by atoms with Crippen molar-refractivity contribution < 1.29 is 14.6 Å². The highest BCUT2D eigenvalue weighted by Crippen LogP contribution is 1.75. The predicted octanol–water partition coefficient (Wildman–Crippen LogP) is -2.37. The molecule has 4 N–H and O–H groups in total. The quantitative estimate of drug-likeness (QED) is 0.432. The maximum atomic E-state index is 9.70. The second kappa shape index (κ2) is 10.2. The molecule has 0 aliphatic rings. The molecule has 0 atom stereocenters. The van der Waals surface area contributed by atoms with Crippen LogP contribution in [0.3, 0.4) is 0 Å². The zero-order valence-electron chi connectivity index (χ0n) is 3.48. The number of hydrogen-bond donors (Lipinski definition) is 1. The Morgan fingerprint density at radius 1 is 1.75 bits per heavy atom. The van der Waals surface area contributed by atoms with Crippen LogP contribution in [0.15, 0.2) is 0 Å². The van der Waals surface area contributed by atoms with Crippen LogP contribution >= 0.6 is 11.9 Å². The van der Waals surface area contributed by atoms with Crippen LogP contribution in [-0.2, 0) is 9.08 Å². The zero-order valence-corrected chi connectivity index (χ0v) is 4.23. The summed E-state index contributed by atoms with van der Waals surface area (Å²) in [4.78, 5) is 9.70. The highest BCUT2D eigenvalue weighted by molar-refractivity contribution is 6.13. The molecule has 0 fully saturated rings. The lowest BCUT2D eigenvalue weighted by atomic mass is 10.7. The second-order valence-electron chi connectivity index (χ2n) is 0.653. The lowest BCUT2D eigenvalue weighted by Crippen LogP contribution is -2.12. The maximum absolute atomic E-state index is 9.70. The minimum atomic E-state index is -0.614. The van der Waals surface area contributed by atoms with Crippen molar-refractivity contribution in [1.29, 1.82) is 0 Å². The van der Waals surface area contributed by atoms with Gasteiger partial charge in [0.25, 0.3) is 0 Å². The van der Waals surface area contributed by atoms with E-state index in [1.807, 2.05) is 0 Å². The van der Waals surface area contributed by atoms with Crippen LogP contribution in [0.1, 0.15) is 0 Å². The fourth-order valence-corrected chi connectivity index (χ4v) is 0.0945. The van der Waals surface area contributed by atoms with Gasteiger partial charge in [0.1, 0.15) is 11.9 Å². The van der Waals surface area contributed by atoms with Gasteiger partial charge in [0, 0.05) is 0 Å². The van der Waals surface area contributed by atoms with Crippen molar-refractivity contribution in [3.8, 4) is 0 Å². The molecule has 0 amide bonds. The van der Waals surface area contributed by atoms with Gasteiger partial charge in [-0.2, -0.15) is 0 Å². The van der Waals surface area contributed by atoms with E-state index in [-0.39, 0.29) is 29.4 Å². The minimum Gasteiger partial charge on any atom is -0.412 e. The van der Waals surface area contributed by atoms with E-state index >= 15 is 0 Å². The summed E-state index contributed by atoms with van der Waals surface area (Å²) in [6.45, 7) is -0.163. The van der Waals surface area contributed by atoms with E-state index in [2.05, 4.69) is 16.2 Å². The molecule has 50 valence electrons. The normalized spacial score (nSPS) is 5.75. The van der Waals surface area contributed by atoms with Crippen molar-refractivity contribution in [2.45, 2.75) is 0 Å². The Hall–Kier alpha value is 0.212. The number of carbonyl (C=O) groups is 1. The van der Waals surface area contributed by atoms with E-state index < -0.39 is 5.97 Å². The van der Waals surface area contributed by atoms with E-state index in [0.717, 1.165) is 0 Å². The standard InChI is InChI=1S/C2H4ClNO2.Al.H2O.3H/c3-6-2(5)1-4;;;;;/h1,4H2;;1H2;;;. The Balaban J connectivity index is -0.000000125. The largest absolute Gasteiger partial charge is 0.412 e. The summed E-state index contributed by atoms with van der Waals surface area (Å²) in [5, 5.41) is 0. The van der Waals surface area contributed by atoms with Crippen LogP contribution in [0.25, 0.3) is 0 Å². The van der Waals surface area contributed by atoms with Gasteiger partial charge < -0.3 is 15.5 Å². The molecule has 0 aliphatic carbocycles. The summed E-state index contributed by atoms with van der Waals surface area (Å²) in [7, 11) is 0. The van der Waals surface area contributed by atoms with Gasteiger partial charge in [0.15, 0.2) is 17.4 Å². The summed E-state index contributed by atoms with van der Waals surface area (Å²) < 4.78 is 3.61. The third-order valence-electron chi connectivity index (χ3n) is 0.253. The Morgan fingerprint density at radius 3 is 2.12 bits per heavy atom. The number of nitrogens with two attached hydrogens (primary N) is 1. The Kier molecular flexibility index (Phi) is 20.1. The molecule has 0 unspecified atom stereocenters. The van der Waals surface area contributed by atoms with Gasteiger partial charge in [0.05, 0.1) is 6.54 Å². The molecule has 0 saturated carbocycles. The van der Waals surface area contributed by atoms with Gasteiger partial charge in [-0.1, -0.05) is 0 Å². The number of carbonyl (C=O) groups excluding carboxylic acids is 1. The van der Waals surface area contributed by atoms with E-state index in [0.29, 0.717) is 0 Å². The van der Waals surface area contributed by atoms with Crippen LogP contribution in [0, 0.1) is 0 Å². The highest BCUT2D eigenvalue weighted by atomic mass is 35.5. The third kappa shape index (κ3) is 9.51. The Bertz CT molecular complexity index is 55.2. The minimum absolute atomic E-state index is 0. The van der Waals surface area contributed by atoms with Crippen molar-refractivity contribution in [2.75, 3.05) is 6.54 Å². The molecular weight excluding hydrogens is 148 g/mol. The molecule has 0 spiro atoms. The summed E-state index contributed by atoms with van der Waals surface area (Å²) in [6, 6.07) is 0.